The highest BCUT2D eigenvalue weighted by atomic mass is 35.5. The van der Waals surface area contributed by atoms with Gasteiger partial charge in [0.25, 0.3) is 0 Å². The third-order valence-corrected chi connectivity index (χ3v) is 3.82. The lowest BCUT2D eigenvalue weighted by Gasteiger charge is -1.88. The first-order chi connectivity index (χ1) is 14.4. The zero-order valence-corrected chi connectivity index (χ0v) is 19.1. The van der Waals surface area contributed by atoms with Crippen LogP contribution in [-0.4, -0.2) is 19.9 Å². The number of rotatable bonds is 0. The largest absolute Gasteiger partial charge is 0.265 e. The Bertz CT molecular complexity index is 872. The van der Waals surface area contributed by atoms with Gasteiger partial charge in [0, 0.05) is 36.2 Å². The van der Waals surface area contributed by atoms with E-state index >= 15 is 0 Å². The molecule has 4 aromatic rings. The molecule has 0 fully saturated rings. The Morgan fingerprint density at radius 1 is 0.567 bits per heavy atom. The molecule has 30 heavy (non-hydrogen) atoms. The van der Waals surface area contributed by atoms with Gasteiger partial charge in [-0.05, 0) is 81.3 Å². The second kappa shape index (κ2) is 15.1. The van der Waals surface area contributed by atoms with Crippen molar-refractivity contribution in [2.45, 2.75) is 27.7 Å². The lowest BCUT2D eigenvalue weighted by atomic mass is 10.3. The Balaban J connectivity index is 0.000000200. The van der Waals surface area contributed by atoms with Gasteiger partial charge in [-0.2, -0.15) is 0 Å². The van der Waals surface area contributed by atoms with Crippen LogP contribution < -0.4 is 0 Å². The molecular weight excluding hydrogens is 415 g/mol. The normalized spacial score (nSPS) is 9.00. The van der Waals surface area contributed by atoms with E-state index < -0.39 is 0 Å². The third-order valence-electron chi connectivity index (χ3n) is 3.39. The lowest BCUT2D eigenvalue weighted by Crippen LogP contribution is -1.76. The summed E-state index contributed by atoms with van der Waals surface area (Å²) in [6.07, 6.45) is 7.10. The zero-order chi connectivity index (χ0) is 22.2. The molecule has 0 bridgehead atoms. The predicted molar refractivity (Wildman–Crippen MR) is 126 cm³/mol. The summed E-state index contributed by atoms with van der Waals surface area (Å²) in [5, 5.41) is 1.11. The zero-order valence-electron chi connectivity index (χ0n) is 17.6. The Hall–Kier alpha value is -2.82. The van der Waals surface area contributed by atoms with Crippen LogP contribution in [0.5, 0.6) is 0 Å². The van der Waals surface area contributed by atoms with Crippen LogP contribution in [0.1, 0.15) is 22.5 Å². The Morgan fingerprint density at radius 3 is 1.60 bits per heavy atom. The van der Waals surface area contributed by atoms with E-state index in [1.807, 2.05) is 76.2 Å². The SMILES string of the molecule is Cc1ccc(Cl)nc1.Cc1cccc(Cl)n1.Cc1ccccn1.Cc1ccncc1. The smallest absolute Gasteiger partial charge is 0.129 e. The molecule has 4 aromatic heterocycles. The van der Waals surface area contributed by atoms with Crippen molar-refractivity contribution in [3.8, 4) is 0 Å². The lowest BCUT2D eigenvalue weighted by molar-refractivity contribution is 1.20. The minimum atomic E-state index is 0.551. The monoisotopic (exact) mass is 440 g/mol. The van der Waals surface area contributed by atoms with Gasteiger partial charge in [-0.15, -0.1) is 0 Å². The molecular formula is C24H26Cl2N4. The van der Waals surface area contributed by atoms with Crippen molar-refractivity contribution in [1.29, 1.82) is 0 Å². The van der Waals surface area contributed by atoms with Crippen LogP contribution in [0.15, 0.2) is 85.5 Å². The minimum absolute atomic E-state index is 0.551. The molecule has 0 aliphatic rings. The van der Waals surface area contributed by atoms with Gasteiger partial charge in [0.2, 0.25) is 0 Å². The Morgan fingerprint density at radius 2 is 1.27 bits per heavy atom. The summed E-state index contributed by atoms with van der Waals surface area (Å²) in [4.78, 5) is 15.6. The molecule has 156 valence electrons. The summed E-state index contributed by atoms with van der Waals surface area (Å²) in [7, 11) is 0. The highest BCUT2D eigenvalue weighted by Gasteiger charge is 1.84. The van der Waals surface area contributed by atoms with E-state index in [-0.39, 0.29) is 0 Å². The molecule has 4 rings (SSSR count). The van der Waals surface area contributed by atoms with E-state index in [0.717, 1.165) is 17.0 Å². The molecule has 6 heteroatoms. The number of aromatic nitrogens is 4. The van der Waals surface area contributed by atoms with Gasteiger partial charge in [0.05, 0.1) is 0 Å². The van der Waals surface area contributed by atoms with Gasteiger partial charge < -0.3 is 0 Å². The minimum Gasteiger partial charge on any atom is -0.265 e. The number of hydrogen-bond donors (Lipinski definition) is 0. The Labute approximate surface area is 189 Å². The molecule has 0 saturated carbocycles. The van der Waals surface area contributed by atoms with Gasteiger partial charge in [-0.3, -0.25) is 9.97 Å². The molecule has 0 spiro atoms. The molecule has 4 heterocycles. The fourth-order valence-corrected chi connectivity index (χ4v) is 2.15. The molecule has 0 atom stereocenters. The average Bonchev–Trinajstić information content (AvgIpc) is 2.73. The predicted octanol–water partition coefficient (Wildman–Crippen LogP) is 6.87. The van der Waals surface area contributed by atoms with Crippen molar-refractivity contribution in [2.75, 3.05) is 0 Å². The number of halogens is 2. The highest BCUT2D eigenvalue weighted by molar-refractivity contribution is 6.29. The van der Waals surface area contributed by atoms with Gasteiger partial charge in [0.15, 0.2) is 0 Å². The van der Waals surface area contributed by atoms with Crippen LogP contribution in [0.3, 0.4) is 0 Å². The maximum atomic E-state index is 5.53. The average molecular weight is 441 g/mol. The second-order valence-electron chi connectivity index (χ2n) is 6.26. The van der Waals surface area contributed by atoms with Crippen LogP contribution in [0, 0.1) is 27.7 Å². The van der Waals surface area contributed by atoms with Crippen molar-refractivity contribution in [2.24, 2.45) is 0 Å². The summed E-state index contributed by atoms with van der Waals surface area (Å²) in [6, 6.07) is 19.0. The first-order valence-electron chi connectivity index (χ1n) is 9.28. The van der Waals surface area contributed by atoms with Crippen molar-refractivity contribution < 1.29 is 0 Å². The van der Waals surface area contributed by atoms with Crippen LogP contribution in [0.25, 0.3) is 0 Å². The van der Waals surface area contributed by atoms with Crippen molar-refractivity contribution in [3.05, 3.63) is 118 Å². The van der Waals surface area contributed by atoms with E-state index in [1.165, 1.54) is 5.56 Å². The third kappa shape index (κ3) is 13.4. The topological polar surface area (TPSA) is 51.6 Å². The molecule has 0 aliphatic carbocycles. The summed E-state index contributed by atoms with van der Waals surface area (Å²) in [6.45, 7) is 7.90. The van der Waals surface area contributed by atoms with Crippen LogP contribution in [0.2, 0.25) is 10.3 Å². The second-order valence-corrected chi connectivity index (χ2v) is 7.03. The van der Waals surface area contributed by atoms with Crippen LogP contribution in [0.4, 0.5) is 0 Å². The summed E-state index contributed by atoms with van der Waals surface area (Å²) >= 11 is 11.0. The van der Waals surface area contributed by atoms with Crippen LogP contribution in [-0.2, 0) is 0 Å². The summed E-state index contributed by atoms with van der Waals surface area (Å²) < 4.78 is 0. The molecule has 0 saturated heterocycles. The fraction of sp³-hybridized carbons (Fsp3) is 0.167. The van der Waals surface area contributed by atoms with E-state index in [2.05, 4.69) is 19.9 Å². The van der Waals surface area contributed by atoms with Gasteiger partial charge in [-0.1, -0.05) is 41.4 Å². The van der Waals surface area contributed by atoms with E-state index in [4.69, 9.17) is 23.2 Å². The maximum Gasteiger partial charge on any atom is 0.129 e. The molecule has 0 unspecified atom stereocenters. The maximum absolute atomic E-state index is 5.53. The molecule has 4 nitrogen and oxygen atoms in total. The molecule has 0 aromatic carbocycles. The summed E-state index contributed by atoms with van der Waals surface area (Å²) in [5.41, 5.74) is 4.42. The van der Waals surface area contributed by atoms with Crippen molar-refractivity contribution in [1.82, 2.24) is 19.9 Å². The quantitative estimate of drug-likeness (QED) is 0.280. The first kappa shape index (κ1) is 25.2. The molecule has 0 aliphatic heterocycles. The molecule has 0 radical (unpaired) electrons. The first-order valence-corrected chi connectivity index (χ1v) is 10.0. The van der Waals surface area contributed by atoms with Gasteiger partial charge in [-0.25, -0.2) is 9.97 Å². The number of aryl methyl sites for hydroxylation is 4. The van der Waals surface area contributed by atoms with E-state index in [1.54, 1.807) is 36.9 Å². The number of nitrogens with zero attached hydrogens (tertiary/aromatic N) is 4. The molecule has 0 amide bonds. The Kier molecular flexibility index (Phi) is 12.7. The van der Waals surface area contributed by atoms with Crippen LogP contribution >= 0.6 is 23.2 Å². The number of hydrogen-bond acceptors (Lipinski definition) is 4. The van der Waals surface area contributed by atoms with Gasteiger partial charge >= 0.3 is 0 Å². The standard InChI is InChI=1S/2C6H6ClN.2C6H7N/c1-5-2-3-6(7)8-4-5;1-5-3-2-4-6(7)8-5;1-6-2-4-7-5-3-6;1-6-4-2-3-5-7-6/h2*2-4H,1H3;2*2-5H,1H3. The van der Waals surface area contributed by atoms with E-state index in [0.29, 0.717) is 10.3 Å². The fourth-order valence-electron chi connectivity index (χ4n) is 1.83. The highest BCUT2D eigenvalue weighted by Crippen LogP contribution is 2.03. The van der Waals surface area contributed by atoms with Crippen molar-refractivity contribution >= 4 is 23.2 Å². The van der Waals surface area contributed by atoms with Crippen molar-refractivity contribution in [3.63, 3.8) is 0 Å². The van der Waals surface area contributed by atoms with E-state index in [9.17, 15) is 0 Å². The van der Waals surface area contributed by atoms with Gasteiger partial charge in [0.1, 0.15) is 10.3 Å². The summed E-state index contributed by atoms with van der Waals surface area (Å²) in [5.74, 6) is 0. The molecule has 0 N–H and O–H groups in total. The number of pyridine rings is 4.